The van der Waals surface area contributed by atoms with Crippen molar-refractivity contribution in [3.8, 4) is 0 Å². The van der Waals surface area contributed by atoms with Crippen LogP contribution in [0.15, 0.2) is 0 Å². The Hall–Kier alpha value is -0.990. The summed E-state index contributed by atoms with van der Waals surface area (Å²) in [5.41, 5.74) is 5.36. The number of hydrogen-bond donors (Lipinski definition) is 2. The van der Waals surface area contributed by atoms with Crippen LogP contribution in [-0.4, -0.2) is 49.3 Å². The summed E-state index contributed by atoms with van der Waals surface area (Å²) in [5, 5.41) is 0. The Kier molecular flexibility index (Phi) is 39.1. The second-order valence-corrected chi connectivity index (χ2v) is 18.0. The standard InChI is InChI=1S/C45H90NO8P/c1-5-7-9-11-13-19-25-31-41(3)33-27-21-15-17-23-29-35-44(47)51-39-43(40-53-55(49,50)52-38-37-46)54-45(48)36-30-24-18-16-22-28-34-42(4)32-26-20-14-12-10-8-6-2/h41-43H,5-40,46H2,1-4H3,(H,49,50)/t41?,42?,43-/m1/s1. The molecule has 0 aliphatic heterocycles. The molecule has 4 atom stereocenters. The van der Waals surface area contributed by atoms with E-state index in [9.17, 15) is 19.0 Å². The molecular weight excluding hydrogens is 713 g/mol. The van der Waals surface area contributed by atoms with Crippen LogP contribution < -0.4 is 5.73 Å². The summed E-state index contributed by atoms with van der Waals surface area (Å²) in [6, 6.07) is 0. The van der Waals surface area contributed by atoms with Gasteiger partial charge in [0.15, 0.2) is 6.10 Å². The van der Waals surface area contributed by atoms with Crippen molar-refractivity contribution in [1.82, 2.24) is 0 Å². The number of carbonyl (C=O) groups is 2. The van der Waals surface area contributed by atoms with Crippen LogP contribution in [0.3, 0.4) is 0 Å². The lowest BCUT2D eigenvalue weighted by atomic mass is 9.96. The highest BCUT2D eigenvalue weighted by Gasteiger charge is 2.26. The van der Waals surface area contributed by atoms with Gasteiger partial charge in [-0.3, -0.25) is 18.6 Å². The zero-order valence-corrected chi connectivity index (χ0v) is 37.4. The quantitative estimate of drug-likeness (QED) is 0.0351. The predicted molar refractivity (Wildman–Crippen MR) is 229 cm³/mol. The van der Waals surface area contributed by atoms with Crippen molar-refractivity contribution < 1.29 is 37.6 Å². The number of unbranched alkanes of at least 4 members (excludes halogenated alkanes) is 22. The third-order valence-corrected chi connectivity index (χ3v) is 11.8. The molecule has 0 aliphatic carbocycles. The Bertz CT molecular complexity index is 906. The predicted octanol–water partition coefficient (Wildman–Crippen LogP) is 13.3. The summed E-state index contributed by atoms with van der Waals surface area (Å²) >= 11 is 0. The Morgan fingerprint density at radius 1 is 0.527 bits per heavy atom. The molecule has 0 aliphatic rings. The molecule has 0 rings (SSSR count). The van der Waals surface area contributed by atoms with Gasteiger partial charge in [-0.15, -0.1) is 0 Å². The molecule has 0 radical (unpaired) electrons. The van der Waals surface area contributed by atoms with Gasteiger partial charge in [-0.1, -0.05) is 207 Å². The number of phosphoric ester groups is 1. The average Bonchev–Trinajstić information content (AvgIpc) is 3.16. The smallest absolute Gasteiger partial charge is 0.462 e. The van der Waals surface area contributed by atoms with Gasteiger partial charge in [0.25, 0.3) is 0 Å². The van der Waals surface area contributed by atoms with Crippen molar-refractivity contribution in [3.63, 3.8) is 0 Å². The fourth-order valence-corrected chi connectivity index (χ4v) is 7.89. The first-order valence-corrected chi connectivity index (χ1v) is 24.8. The van der Waals surface area contributed by atoms with Gasteiger partial charge in [0.2, 0.25) is 0 Å². The monoisotopic (exact) mass is 804 g/mol. The Morgan fingerprint density at radius 3 is 1.29 bits per heavy atom. The zero-order chi connectivity index (χ0) is 40.7. The van der Waals surface area contributed by atoms with E-state index in [-0.39, 0.29) is 38.6 Å². The fraction of sp³-hybridized carbons (Fsp3) is 0.956. The van der Waals surface area contributed by atoms with Crippen molar-refractivity contribution in [3.05, 3.63) is 0 Å². The van der Waals surface area contributed by atoms with Crippen molar-refractivity contribution >= 4 is 19.8 Å². The number of nitrogens with two attached hydrogens (primary N) is 1. The molecule has 0 heterocycles. The number of ether oxygens (including phenoxy) is 2. The molecule has 0 saturated carbocycles. The van der Waals surface area contributed by atoms with Crippen LogP contribution in [0.2, 0.25) is 0 Å². The van der Waals surface area contributed by atoms with Crippen LogP contribution in [0.4, 0.5) is 0 Å². The van der Waals surface area contributed by atoms with Gasteiger partial charge >= 0.3 is 19.8 Å². The normalized spacial score (nSPS) is 14.4. The third-order valence-electron chi connectivity index (χ3n) is 10.8. The van der Waals surface area contributed by atoms with E-state index in [2.05, 4.69) is 27.7 Å². The second-order valence-electron chi connectivity index (χ2n) is 16.5. The minimum atomic E-state index is -4.38. The van der Waals surface area contributed by atoms with Crippen LogP contribution in [0.5, 0.6) is 0 Å². The van der Waals surface area contributed by atoms with Crippen molar-refractivity contribution in [2.75, 3.05) is 26.4 Å². The van der Waals surface area contributed by atoms with Crippen LogP contribution in [0.25, 0.3) is 0 Å². The molecule has 55 heavy (non-hydrogen) atoms. The number of esters is 2. The molecule has 0 bridgehead atoms. The minimum absolute atomic E-state index is 0.0565. The first kappa shape index (κ1) is 54.0. The molecule has 0 amide bonds. The largest absolute Gasteiger partial charge is 0.472 e. The van der Waals surface area contributed by atoms with Gasteiger partial charge in [-0.2, -0.15) is 0 Å². The average molecular weight is 804 g/mol. The van der Waals surface area contributed by atoms with E-state index in [4.69, 9.17) is 24.3 Å². The second kappa shape index (κ2) is 39.8. The summed E-state index contributed by atoms with van der Waals surface area (Å²) in [6.45, 7) is 8.55. The van der Waals surface area contributed by atoms with Crippen molar-refractivity contribution in [2.24, 2.45) is 17.6 Å². The maximum Gasteiger partial charge on any atom is 0.472 e. The lowest BCUT2D eigenvalue weighted by molar-refractivity contribution is -0.161. The SMILES string of the molecule is CCCCCCCCCC(C)CCCCCCCCC(=O)OC[C@H](COP(=O)(O)OCCN)OC(=O)CCCCCCCCC(C)CCCCCCCCC. The van der Waals surface area contributed by atoms with Gasteiger partial charge < -0.3 is 20.1 Å². The van der Waals surface area contributed by atoms with Crippen molar-refractivity contribution in [1.29, 1.82) is 0 Å². The van der Waals surface area contributed by atoms with Crippen molar-refractivity contribution in [2.45, 2.75) is 239 Å². The maximum absolute atomic E-state index is 12.6. The molecule has 0 spiro atoms. The first-order chi connectivity index (χ1) is 26.6. The molecule has 0 aromatic rings. The number of rotatable bonds is 43. The van der Waals surface area contributed by atoms with Gasteiger partial charge in [-0.25, -0.2) is 4.57 Å². The number of hydrogen-bond acceptors (Lipinski definition) is 8. The maximum atomic E-state index is 12.6. The van der Waals surface area contributed by atoms with E-state index >= 15 is 0 Å². The lowest BCUT2D eigenvalue weighted by Gasteiger charge is -2.20. The van der Waals surface area contributed by atoms with Crippen LogP contribution >= 0.6 is 7.82 Å². The molecule has 3 unspecified atom stereocenters. The minimum Gasteiger partial charge on any atom is -0.462 e. The lowest BCUT2D eigenvalue weighted by Crippen LogP contribution is -2.29. The van der Waals surface area contributed by atoms with Gasteiger partial charge in [0, 0.05) is 19.4 Å². The molecule has 3 N–H and O–H groups in total. The highest BCUT2D eigenvalue weighted by atomic mass is 31.2. The van der Waals surface area contributed by atoms with Gasteiger partial charge in [0.05, 0.1) is 13.2 Å². The summed E-state index contributed by atoms with van der Waals surface area (Å²) in [6.07, 6.45) is 36.9. The highest BCUT2D eigenvalue weighted by Crippen LogP contribution is 2.43. The summed E-state index contributed by atoms with van der Waals surface area (Å²) in [4.78, 5) is 35.0. The summed E-state index contributed by atoms with van der Waals surface area (Å²) < 4.78 is 32.9. The van der Waals surface area contributed by atoms with E-state index in [0.717, 1.165) is 43.9 Å². The molecule has 10 heteroatoms. The first-order valence-electron chi connectivity index (χ1n) is 23.3. The number of phosphoric acid groups is 1. The van der Waals surface area contributed by atoms with Crippen LogP contribution in [-0.2, 0) is 32.7 Å². The molecule has 0 aromatic heterocycles. The molecular formula is C45H90NO8P. The zero-order valence-electron chi connectivity index (χ0n) is 36.5. The summed E-state index contributed by atoms with van der Waals surface area (Å²) in [7, 11) is -4.38. The Balaban J connectivity index is 4.19. The van der Waals surface area contributed by atoms with Gasteiger partial charge in [-0.05, 0) is 24.7 Å². The van der Waals surface area contributed by atoms with Crippen LogP contribution in [0.1, 0.15) is 233 Å². The number of carbonyl (C=O) groups excluding carboxylic acids is 2. The Labute approximate surface area is 339 Å². The van der Waals surface area contributed by atoms with E-state index in [0.29, 0.717) is 6.42 Å². The Morgan fingerprint density at radius 2 is 0.891 bits per heavy atom. The molecule has 0 aromatic carbocycles. The van der Waals surface area contributed by atoms with E-state index in [1.54, 1.807) is 0 Å². The van der Waals surface area contributed by atoms with E-state index in [1.165, 1.54) is 154 Å². The topological polar surface area (TPSA) is 134 Å². The molecule has 0 saturated heterocycles. The van der Waals surface area contributed by atoms with Crippen LogP contribution in [0, 0.1) is 11.8 Å². The fourth-order valence-electron chi connectivity index (χ4n) is 7.13. The van der Waals surface area contributed by atoms with Gasteiger partial charge in [0.1, 0.15) is 6.61 Å². The molecule has 328 valence electrons. The third kappa shape index (κ3) is 39.6. The summed E-state index contributed by atoms with van der Waals surface area (Å²) in [5.74, 6) is 0.798. The molecule has 9 nitrogen and oxygen atoms in total. The van der Waals surface area contributed by atoms with E-state index < -0.39 is 26.5 Å². The highest BCUT2D eigenvalue weighted by molar-refractivity contribution is 7.47. The molecule has 0 fully saturated rings. The van der Waals surface area contributed by atoms with E-state index in [1.807, 2.05) is 0 Å².